The molecule has 0 radical (unpaired) electrons. The summed E-state index contributed by atoms with van der Waals surface area (Å²) < 4.78 is 0. The summed E-state index contributed by atoms with van der Waals surface area (Å²) in [5.41, 5.74) is 5.79. The van der Waals surface area contributed by atoms with E-state index in [1.807, 2.05) is 6.92 Å². The van der Waals surface area contributed by atoms with Gasteiger partial charge < -0.3 is 11.1 Å². The molecule has 0 saturated carbocycles. The average molecular weight is 314 g/mol. The van der Waals surface area contributed by atoms with Gasteiger partial charge in [0.1, 0.15) is 5.78 Å². The van der Waals surface area contributed by atoms with Crippen molar-refractivity contribution in [1.82, 2.24) is 10.2 Å². The van der Waals surface area contributed by atoms with Gasteiger partial charge in [0.2, 0.25) is 5.91 Å². The molecule has 1 saturated heterocycles. The van der Waals surface area contributed by atoms with Gasteiger partial charge >= 0.3 is 0 Å². The third-order valence-corrected chi connectivity index (χ3v) is 3.04. The highest BCUT2D eigenvalue weighted by atomic mass is 35.5. The fourth-order valence-electron chi connectivity index (χ4n) is 1.98. The summed E-state index contributed by atoms with van der Waals surface area (Å²) in [7, 11) is 0. The second kappa shape index (κ2) is 11.5. The van der Waals surface area contributed by atoms with Crippen LogP contribution in [0.2, 0.25) is 0 Å². The number of likely N-dealkylation sites (tertiary alicyclic amines) is 1. The zero-order chi connectivity index (χ0) is 12.7. The van der Waals surface area contributed by atoms with Gasteiger partial charge in [-0.1, -0.05) is 0 Å². The standard InChI is InChI=1S/C12H23N3O2.2ClH/c1-2-14-12(17)4-3-11(16)9-15-7-5-10(13)6-8-15;;/h10H,2-9,13H2,1H3,(H,14,17);2*1H. The highest BCUT2D eigenvalue weighted by molar-refractivity contribution is 5.86. The Morgan fingerprint density at radius 2 is 1.79 bits per heavy atom. The molecule has 1 heterocycles. The molecule has 0 aromatic heterocycles. The molecule has 0 aliphatic carbocycles. The maximum absolute atomic E-state index is 11.6. The van der Waals surface area contributed by atoms with E-state index in [4.69, 9.17) is 5.73 Å². The number of nitrogens with one attached hydrogen (secondary N) is 1. The number of nitrogens with two attached hydrogens (primary N) is 1. The molecular weight excluding hydrogens is 289 g/mol. The van der Waals surface area contributed by atoms with Crippen molar-refractivity contribution in [2.75, 3.05) is 26.2 Å². The van der Waals surface area contributed by atoms with Crippen LogP contribution < -0.4 is 11.1 Å². The van der Waals surface area contributed by atoms with Crippen LogP contribution in [0, 0.1) is 0 Å². The second-order valence-corrected chi connectivity index (χ2v) is 4.61. The number of halogens is 2. The van der Waals surface area contributed by atoms with E-state index in [9.17, 15) is 9.59 Å². The highest BCUT2D eigenvalue weighted by Gasteiger charge is 2.18. The lowest BCUT2D eigenvalue weighted by molar-refractivity contribution is -0.126. The van der Waals surface area contributed by atoms with Crippen molar-refractivity contribution in [3.8, 4) is 0 Å². The first-order valence-corrected chi connectivity index (χ1v) is 6.38. The highest BCUT2D eigenvalue weighted by Crippen LogP contribution is 2.08. The molecule has 7 heteroatoms. The molecule has 19 heavy (non-hydrogen) atoms. The molecule has 0 aromatic carbocycles. The fraction of sp³-hybridized carbons (Fsp3) is 0.833. The molecule has 1 aliphatic rings. The fourth-order valence-corrected chi connectivity index (χ4v) is 1.98. The van der Waals surface area contributed by atoms with E-state index in [0.717, 1.165) is 25.9 Å². The molecule has 5 nitrogen and oxygen atoms in total. The predicted octanol–water partition coefficient (Wildman–Crippen LogP) is 0.738. The molecule has 1 rings (SSSR count). The van der Waals surface area contributed by atoms with Crippen LogP contribution in [0.25, 0.3) is 0 Å². The van der Waals surface area contributed by atoms with Gasteiger partial charge in [0.15, 0.2) is 0 Å². The molecular formula is C12H25Cl2N3O2. The van der Waals surface area contributed by atoms with Crippen molar-refractivity contribution < 1.29 is 9.59 Å². The van der Waals surface area contributed by atoms with Crippen molar-refractivity contribution in [2.45, 2.75) is 38.6 Å². The third kappa shape index (κ3) is 9.21. The van der Waals surface area contributed by atoms with E-state index in [-0.39, 0.29) is 42.5 Å². The first-order valence-electron chi connectivity index (χ1n) is 6.38. The Hall–Kier alpha value is -0.360. The van der Waals surface area contributed by atoms with Gasteiger partial charge in [0, 0.05) is 38.5 Å². The topological polar surface area (TPSA) is 75.4 Å². The van der Waals surface area contributed by atoms with Gasteiger partial charge in [-0.25, -0.2) is 0 Å². The van der Waals surface area contributed by atoms with Crippen LogP contribution in [0.5, 0.6) is 0 Å². The maximum Gasteiger partial charge on any atom is 0.220 e. The van der Waals surface area contributed by atoms with Gasteiger partial charge in [-0.3, -0.25) is 14.5 Å². The molecule has 1 aliphatic heterocycles. The lowest BCUT2D eigenvalue weighted by Crippen LogP contribution is -2.42. The quantitative estimate of drug-likeness (QED) is 0.758. The zero-order valence-corrected chi connectivity index (χ0v) is 13.0. The second-order valence-electron chi connectivity index (χ2n) is 4.61. The number of amides is 1. The van der Waals surface area contributed by atoms with Crippen LogP contribution in [0.4, 0.5) is 0 Å². The number of rotatable bonds is 6. The van der Waals surface area contributed by atoms with Gasteiger partial charge in [-0.2, -0.15) is 0 Å². The smallest absolute Gasteiger partial charge is 0.220 e. The van der Waals surface area contributed by atoms with Gasteiger partial charge in [-0.15, -0.1) is 24.8 Å². The van der Waals surface area contributed by atoms with Gasteiger partial charge in [-0.05, 0) is 19.8 Å². The predicted molar refractivity (Wildman–Crippen MR) is 81.1 cm³/mol. The third-order valence-electron chi connectivity index (χ3n) is 3.04. The van der Waals surface area contributed by atoms with E-state index in [1.54, 1.807) is 0 Å². The van der Waals surface area contributed by atoms with Gasteiger partial charge in [0.25, 0.3) is 0 Å². The summed E-state index contributed by atoms with van der Waals surface area (Å²) in [5, 5.41) is 2.69. The Morgan fingerprint density at radius 3 is 2.32 bits per heavy atom. The van der Waals surface area contributed by atoms with Crippen molar-refractivity contribution in [2.24, 2.45) is 5.73 Å². The van der Waals surface area contributed by atoms with E-state index >= 15 is 0 Å². The van der Waals surface area contributed by atoms with E-state index < -0.39 is 0 Å². The molecule has 114 valence electrons. The number of nitrogens with zero attached hydrogens (tertiary/aromatic N) is 1. The molecule has 0 atom stereocenters. The van der Waals surface area contributed by atoms with E-state index in [1.165, 1.54) is 0 Å². The van der Waals surface area contributed by atoms with Crippen LogP contribution >= 0.6 is 24.8 Å². The summed E-state index contributed by atoms with van der Waals surface area (Å²) in [4.78, 5) is 25.0. The summed E-state index contributed by atoms with van der Waals surface area (Å²) in [6, 6.07) is 0.289. The molecule has 1 amide bonds. The molecule has 0 aromatic rings. The summed E-state index contributed by atoms with van der Waals surface area (Å²) in [6.07, 6.45) is 2.57. The van der Waals surface area contributed by atoms with E-state index in [2.05, 4.69) is 10.2 Å². The summed E-state index contributed by atoms with van der Waals surface area (Å²) >= 11 is 0. The van der Waals surface area contributed by atoms with Crippen molar-refractivity contribution in [3.05, 3.63) is 0 Å². The first kappa shape index (κ1) is 20.9. The minimum absolute atomic E-state index is 0. The normalized spacial score (nSPS) is 16.1. The van der Waals surface area contributed by atoms with Crippen molar-refractivity contribution in [3.63, 3.8) is 0 Å². The Bertz CT molecular complexity index is 270. The van der Waals surface area contributed by atoms with Crippen LogP contribution in [0.1, 0.15) is 32.6 Å². The number of Topliss-reactive ketones (excluding diaryl/α,β-unsaturated/α-hetero) is 1. The number of carbonyl (C=O) groups excluding carboxylic acids is 2. The zero-order valence-electron chi connectivity index (χ0n) is 11.4. The molecule has 1 fully saturated rings. The SMILES string of the molecule is CCNC(=O)CCC(=O)CN1CCC(N)CC1.Cl.Cl. The Kier molecular flexibility index (Phi) is 12.6. The molecule has 0 unspecified atom stereocenters. The molecule has 0 spiro atoms. The lowest BCUT2D eigenvalue weighted by atomic mass is 10.1. The van der Waals surface area contributed by atoms with Crippen LogP contribution in [-0.4, -0.2) is 48.8 Å². The van der Waals surface area contributed by atoms with Crippen LogP contribution in [-0.2, 0) is 9.59 Å². The molecule has 3 N–H and O–H groups in total. The summed E-state index contributed by atoms with van der Waals surface area (Å²) in [6.45, 7) is 4.75. The number of hydrogen-bond acceptors (Lipinski definition) is 4. The van der Waals surface area contributed by atoms with Gasteiger partial charge in [0.05, 0.1) is 6.54 Å². The van der Waals surface area contributed by atoms with Crippen LogP contribution in [0.15, 0.2) is 0 Å². The largest absolute Gasteiger partial charge is 0.356 e. The van der Waals surface area contributed by atoms with Crippen LogP contribution in [0.3, 0.4) is 0 Å². The number of ketones is 1. The lowest BCUT2D eigenvalue weighted by Gasteiger charge is -2.29. The monoisotopic (exact) mass is 313 g/mol. The summed E-state index contributed by atoms with van der Waals surface area (Å²) in [5.74, 6) is 0.105. The van der Waals surface area contributed by atoms with E-state index in [0.29, 0.717) is 25.9 Å². The Morgan fingerprint density at radius 1 is 1.21 bits per heavy atom. The average Bonchev–Trinajstić information content (AvgIpc) is 2.30. The first-order chi connectivity index (χ1) is 8.11. The number of hydrogen-bond donors (Lipinski definition) is 2. The molecule has 0 bridgehead atoms. The Labute approximate surface area is 127 Å². The number of piperidine rings is 1. The van der Waals surface area contributed by atoms with Crippen molar-refractivity contribution in [1.29, 1.82) is 0 Å². The Balaban J connectivity index is 0. The van der Waals surface area contributed by atoms with Crippen molar-refractivity contribution >= 4 is 36.5 Å². The maximum atomic E-state index is 11.6. The minimum atomic E-state index is -0.0403. The number of carbonyl (C=O) groups is 2. The minimum Gasteiger partial charge on any atom is -0.356 e.